The number of anilines is 1. The van der Waals surface area contributed by atoms with Crippen molar-refractivity contribution in [3.05, 3.63) is 30.1 Å². The van der Waals surface area contributed by atoms with Gasteiger partial charge in [-0.05, 0) is 44.0 Å². The van der Waals surface area contributed by atoms with Crippen LogP contribution in [0.15, 0.2) is 29.3 Å². The molecular formula is C21H34FIN6O. The molecule has 9 heteroatoms. The SMILES string of the molecule is CCNC(=NCC(=O)N1CCCC1)NCCN1CCN(c2ccc(F)cc2)CC1.I. The summed E-state index contributed by atoms with van der Waals surface area (Å²) in [7, 11) is 0. The zero-order valence-corrected chi connectivity index (χ0v) is 20.1. The maximum Gasteiger partial charge on any atom is 0.244 e. The summed E-state index contributed by atoms with van der Waals surface area (Å²) in [6, 6.07) is 6.72. The molecule has 2 aliphatic heterocycles. The Morgan fingerprint density at radius 1 is 1.03 bits per heavy atom. The Kier molecular flexibility index (Phi) is 10.6. The van der Waals surface area contributed by atoms with Crippen LogP contribution in [0.4, 0.5) is 10.1 Å². The quantitative estimate of drug-likeness (QED) is 0.319. The van der Waals surface area contributed by atoms with Crippen LogP contribution in [0.5, 0.6) is 0 Å². The summed E-state index contributed by atoms with van der Waals surface area (Å²) in [5.41, 5.74) is 1.08. The highest BCUT2D eigenvalue weighted by atomic mass is 127. The van der Waals surface area contributed by atoms with E-state index in [1.165, 1.54) is 12.1 Å². The molecule has 2 saturated heterocycles. The fraction of sp³-hybridized carbons (Fsp3) is 0.619. The number of aliphatic imine (C=N–C) groups is 1. The minimum absolute atomic E-state index is 0. The maximum absolute atomic E-state index is 13.1. The Morgan fingerprint density at radius 3 is 2.33 bits per heavy atom. The topological polar surface area (TPSA) is 63.2 Å². The van der Waals surface area contributed by atoms with E-state index >= 15 is 0 Å². The van der Waals surface area contributed by atoms with Crippen molar-refractivity contribution in [1.29, 1.82) is 0 Å². The van der Waals surface area contributed by atoms with Gasteiger partial charge in [0, 0.05) is 64.6 Å². The molecule has 0 atom stereocenters. The van der Waals surface area contributed by atoms with E-state index in [2.05, 4.69) is 25.4 Å². The molecule has 2 fully saturated rings. The molecule has 1 amide bonds. The molecule has 0 spiro atoms. The molecule has 1 aromatic rings. The van der Waals surface area contributed by atoms with Crippen LogP contribution in [-0.4, -0.2) is 87.1 Å². The van der Waals surface area contributed by atoms with Gasteiger partial charge in [0.15, 0.2) is 5.96 Å². The molecule has 168 valence electrons. The lowest BCUT2D eigenvalue weighted by molar-refractivity contribution is -0.128. The van der Waals surface area contributed by atoms with E-state index < -0.39 is 0 Å². The molecule has 2 aliphatic rings. The van der Waals surface area contributed by atoms with Gasteiger partial charge in [-0.2, -0.15) is 0 Å². The van der Waals surface area contributed by atoms with E-state index in [1.807, 2.05) is 24.0 Å². The first-order valence-corrected chi connectivity index (χ1v) is 10.7. The van der Waals surface area contributed by atoms with Gasteiger partial charge in [-0.1, -0.05) is 0 Å². The van der Waals surface area contributed by atoms with E-state index in [4.69, 9.17) is 0 Å². The summed E-state index contributed by atoms with van der Waals surface area (Å²) in [5.74, 6) is 0.611. The highest BCUT2D eigenvalue weighted by molar-refractivity contribution is 14.0. The van der Waals surface area contributed by atoms with E-state index in [9.17, 15) is 9.18 Å². The third kappa shape index (κ3) is 7.57. The van der Waals surface area contributed by atoms with Gasteiger partial charge in [0.25, 0.3) is 0 Å². The number of likely N-dealkylation sites (tertiary alicyclic amines) is 1. The summed E-state index contributed by atoms with van der Waals surface area (Å²) in [5, 5.41) is 6.54. The minimum Gasteiger partial charge on any atom is -0.369 e. The molecule has 0 aliphatic carbocycles. The van der Waals surface area contributed by atoms with Crippen molar-refractivity contribution in [3.63, 3.8) is 0 Å². The minimum atomic E-state index is -0.196. The van der Waals surface area contributed by atoms with E-state index in [0.29, 0.717) is 5.96 Å². The average molecular weight is 532 g/mol. The number of carbonyl (C=O) groups is 1. The number of amides is 1. The van der Waals surface area contributed by atoms with Crippen LogP contribution in [0.1, 0.15) is 19.8 Å². The third-order valence-electron chi connectivity index (χ3n) is 5.46. The number of halogens is 2. The lowest BCUT2D eigenvalue weighted by Gasteiger charge is -2.36. The van der Waals surface area contributed by atoms with Gasteiger partial charge in [0.05, 0.1) is 0 Å². The summed E-state index contributed by atoms with van der Waals surface area (Å²) >= 11 is 0. The fourth-order valence-corrected chi connectivity index (χ4v) is 3.77. The van der Waals surface area contributed by atoms with Gasteiger partial charge in [-0.3, -0.25) is 9.69 Å². The predicted octanol–water partition coefficient (Wildman–Crippen LogP) is 1.74. The van der Waals surface area contributed by atoms with Crippen LogP contribution in [-0.2, 0) is 4.79 Å². The van der Waals surface area contributed by atoms with Crippen LogP contribution in [0.25, 0.3) is 0 Å². The number of carbonyl (C=O) groups excluding carboxylic acids is 1. The second-order valence-electron chi connectivity index (χ2n) is 7.51. The molecule has 1 aromatic carbocycles. The third-order valence-corrected chi connectivity index (χ3v) is 5.46. The van der Waals surface area contributed by atoms with Gasteiger partial charge in [-0.15, -0.1) is 24.0 Å². The molecule has 2 N–H and O–H groups in total. The molecule has 0 aromatic heterocycles. The van der Waals surface area contributed by atoms with E-state index in [1.54, 1.807) is 0 Å². The largest absolute Gasteiger partial charge is 0.369 e. The molecule has 0 radical (unpaired) electrons. The zero-order chi connectivity index (χ0) is 20.5. The van der Waals surface area contributed by atoms with Gasteiger partial charge in [-0.25, -0.2) is 9.38 Å². The standard InChI is InChI=1S/C21H33FN6O.HI/c1-2-23-21(25-17-20(29)28-10-3-4-11-28)24-9-12-26-13-15-27(16-14-26)19-7-5-18(22)6-8-19;/h5-8H,2-4,9-17H2,1H3,(H2,23,24,25);1H. The highest BCUT2D eigenvalue weighted by Crippen LogP contribution is 2.16. The monoisotopic (exact) mass is 532 g/mol. The molecule has 30 heavy (non-hydrogen) atoms. The number of rotatable bonds is 7. The van der Waals surface area contributed by atoms with Gasteiger partial charge in [0.2, 0.25) is 5.91 Å². The van der Waals surface area contributed by atoms with Gasteiger partial charge in [0.1, 0.15) is 12.4 Å². The van der Waals surface area contributed by atoms with Crippen molar-refractivity contribution < 1.29 is 9.18 Å². The molecule has 3 rings (SSSR count). The van der Waals surface area contributed by atoms with E-state index in [-0.39, 0.29) is 42.2 Å². The number of piperazine rings is 1. The van der Waals surface area contributed by atoms with Crippen LogP contribution in [0.2, 0.25) is 0 Å². The van der Waals surface area contributed by atoms with E-state index in [0.717, 1.165) is 77.4 Å². The summed E-state index contributed by atoms with van der Waals surface area (Å²) in [6.45, 7) is 10.2. The first-order chi connectivity index (χ1) is 14.2. The normalized spacial score (nSPS) is 17.6. The Morgan fingerprint density at radius 2 is 1.70 bits per heavy atom. The Hall–Kier alpha value is -1.62. The zero-order valence-electron chi connectivity index (χ0n) is 17.8. The number of nitrogens with one attached hydrogen (secondary N) is 2. The van der Waals surface area contributed by atoms with Crippen LogP contribution in [0, 0.1) is 5.82 Å². The van der Waals surface area contributed by atoms with Crippen LogP contribution >= 0.6 is 24.0 Å². The summed E-state index contributed by atoms with van der Waals surface area (Å²) < 4.78 is 13.1. The summed E-state index contributed by atoms with van der Waals surface area (Å²) in [6.07, 6.45) is 2.20. The average Bonchev–Trinajstić information content (AvgIpc) is 3.28. The molecule has 0 bridgehead atoms. The van der Waals surface area contributed by atoms with Gasteiger partial charge < -0.3 is 20.4 Å². The first kappa shape index (κ1) is 24.6. The number of benzene rings is 1. The van der Waals surface area contributed by atoms with Crippen LogP contribution in [0.3, 0.4) is 0 Å². The van der Waals surface area contributed by atoms with Gasteiger partial charge >= 0.3 is 0 Å². The lowest BCUT2D eigenvalue weighted by atomic mass is 10.2. The van der Waals surface area contributed by atoms with Crippen molar-refractivity contribution in [1.82, 2.24) is 20.4 Å². The number of hydrogen-bond donors (Lipinski definition) is 2. The van der Waals surface area contributed by atoms with Crippen LogP contribution < -0.4 is 15.5 Å². The first-order valence-electron chi connectivity index (χ1n) is 10.7. The molecule has 0 unspecified atom stereocenters. The van der Waals surface area contributed by atoms with Crippen molar-refractivity contribution in [2.45, 2.75) is 19.8 Å². The second kappa shape index (κ2) is 12.9. The second-order valence-corrected chi connectivity index (χ2v) is 7.51. The molecular weight excluding hydrogens is 498 g/mol. The maximum atomic E-state index is 13.1. The van der Waals surface area contributed by atoms with Crippen molar-refractivity contribution >= 4 is 41.5 Å². The molecule has 7 nitrogen and oxygen atoms in total. The number of hydrogen-bond acceptors (Lipinski definition) is 4. The Balaban J connectivity index is 0.00000320. The Bertz CT molecular complexity index is 673. The highest BCUT2D eigenvalue weighted by Gasteiger charge is 2.18. The fourth-order valence-electron chi connectivity index (χ4n) is 3.77. The van der Waals surface area contributed by atoms with Crippen molar-refractivity contribution in [2.24, 2.45) is 4.99 Å². The predicted molar refractivity (Wildman–Crippen MR) is 130 cm³/mol. The number of nitrogens with zero attached hydrogens (tertiary/aromatic N) is 4. The number of guanidine groups is 1. The summed E-state index contributed by atoms with van der Waals surface area (Å²) in [4.78, 5) is 23.2. The van der Waals surface area contributed by atoms with Crippen molar-refractivity contribution in [2.75, 3.05) is 70.3 Å². The lowest BCUT2D eigenvalue weighted by Crippen LogP contribution is -2.49. The van der Waals surface area contributed by atoms with Crippen molar-refractivity contribution in [3.8, 4) is 0 Å². The Labute approximate surface area is 196 Å². The smallest absolute Gasteiger partial charge is 0.244 e. The molecule has 0 saturated carbocycles. The molecule has 2 heterocycles.